The van der Waals surface area contributed by atoms with Crippen LogP contribution in [-0.4, -0.2) is 25.0 Å². The van der Waals surface area contributed by atoms with Crippen LogP contribution in [0.25, 0.3) is 0 Å². The quantitative estimate of drug-likeness (QED) is 0.828. The lowest BCUT2D eigenvalue weighted by Crippen LogP contribution is -2.39. The summed E-state index contributed by atoms with van der Waals surface area (Å²) in [5.41, 5.74) is 1.76. The molecule has 0 aliphatic heterocycles. The Balaban J connectivity index is 2.90. The lowest BCUT2D eigenvalue weighted by molar-refractivity contribution is 0.0982. The zero-order valence-electron chi connectivity index (χ0n) is 12.8. The molecule has 0 unspecified atom stereocenters. The highest BCUT2D eigenvalue weighted by molar-refractivity contribution is 5.98. The van der Waals surface area contributed by atoms with Crippen molar-refractivity contribution < 1.29 is 9.53 Å². The van der Waals surface area contributed by atoms with Crippen LogP contribution < -0.4 is 10.1 Å². The van der Waals surface area contributed by atoms with Crippen LogP contribution >= 0.6 is 0 Å². The zero-order valence-corrected chi connectivity index (χ0v) is 12.8. The minimum Gasteiger partial charge on any atom is -0.496 e. The summed E-state index contributed by atoms with van der Waals surface area (Å²) in [6.07, 6.45) is 0. The first kappa shape index (κ1) is 15.7. The van der Waals surface area contributed by atoms with Crippen LogP contribution in [0, 0.1) is 0 Å². The fourth-order valence-electron chi connectivity index (χ4n) is 1.81. The van der Waals surface area contributed by atoms with Crippen molar-refractivity contribution in [2.45, 2.75) is 46.1 Å². The normalized spacial score (nSPS) is 11.7. The molecule has 1 aromatic rings. The minimum absolute atomic E-state index is 0.0526. The van der Waals surface area contributed by atoms with E-state index in [4.69, 9.17) is 4.74 Å². The minimum atomic E-state index is -0.0526. The van der Waals surface area contributed by atoms with Gasteiger partial charge in [0, 0.05) is 11.1 Å². The molecule has 1 rings (SSSR count). The van der Waals surface area contributed by atoms with E-state index in [1.54, 1.807) is 7.11 Å². The number of hydrogen-bond acceptors (Lipinski definition) is 3. The third-order valence-corrected chi connectivity index (χ3v) is 2.95. The van der Waals surface area contributed by atoms with Crippen molar-refractivity contribution in [1.29, 1.82) is 0 Å². The van der Waals surface area contributed by atoms with Crippen molar-refractivity contribution in [2.24, 2.45) is 0 Å². The van der Waals surface area contributed by atoms with Crippen LogP contribution in [0.4, 0.5) is 0 Å². The van der Waals surface area contributed by atoms with Gasteiger partial charge in [0.2, 0.25) is 0 Å². The largest absolute Gasteiger partial charge is 0.496 e. The van der Waals surface area contributed by atoms with Crippen molar-refractivity contribution >= 4 is 5.78 Å². The number of hydrogen-bond donors (Lipinski definition) is 1. The first-order valence-corrected chi connectivity index (χ1v) is 6.71. The molecule has 3 heteroatoms. The van der Waals surface area contributed by atoms with Crippen LogP contribution in [0.2, 0.25) is 0 Å². The molecule has 0 saturated heterocycles. The molecule has 1 aromatic carbocycles. The van der Waals surface area contributed by atoms with Crippen molar-refractivity contribution in [2.75, 3.05) is 13.7 Å². The van der Waals surface area contributed by atoms with E-state index in [1.165, 1.54) is 0 Å². The average molecular weight is 263 g/mol. The van der Waals surface area contributed by atoms with Crippen LogP contribution in [0.3, 0.4) is 0 Å². The second-order valence-electron chi connectivity index (χ2n) is 6.14. The maximum Gasteiger partial charge on any atom is 0.176 e. The van der Waals surface area contributed by atoms with E-state index in [1.807, 2.05) is 39.0 Å². The molecular formula is C16H25NO2. The Bertz CT molecular complexity index is 445. The molecule has 0 heterocycles. The van der Waals surface area contributed by atoms with Crippen LogP contribution in [0.1, 0.15) is 56.5 Å². The van der Waals surface area contributed by atoms with E-state index in [0.29, 0.717) is 12.5 Å². The summed E-state index contributed by atoms with van der Waals surface area (Å²) in [4.78, 5) is 12.2. The first-order valence-electron chi connectivity index (χ1n) is 6.71. The Hall–Kier alpha value is -1.35. The molecule has 0 radical (unpaired) electrons. The molecule has 106 valence electrons. The standard InChI is InChI=1S/C16H25NO2/c1-11(2)13-9-12(7-8-15(13)19-6)14(18)10-17-16(3,4)5/h7-9,11,17H,10H2,1-6H3. The summed E-state index contributed by atoms with van der Waals surface area (Å²) >= 11 is 0. The number of benzene rings is 1. The van der Waals surface area contributed by atoms with Crippen molar-refractivity contribution in [1.82, 2.24) is 5.32 Å². The van der Waals surface area contributed by atoms with Gasteiger partial charge in [-0.1, -0.05) is 13.8 Å². The van der Waals surface area contributed by atoms with Crippen molar-refractivity contribution in [3.63, 3.8) is 0 Å². The van der Waals surface area contributed by atoms with E-state index in [0.717, 1.165) is 16.9 Å². The summed E-state index contributed by atoms with van der Waals surface area (Å²) in [6.45, 7) is 10.7. The second kappa shape index (κ2) is 6.20. The number of carbonyl (C=O) groups excluding carboxylic acids is 1. The Labute approximate surface area is 116 Å². The summed E-state index contributed by atoms with van der Waals surface area (Å²) in [5.74, 6) is 1.29. The van der Waals surface area contributed by atoms with Crippen molar-refractivity contribution in [3.05, 3.63) is 29.3 Å². The molecule has 0 saturated carbocycles. The summed E-state index contributed by atoms with van der Waals surface area (Å²) in [5, 5.41) is 3.22. The van der Waals surface area contributed by atoms with Gasteiger partial charge >= 0.3 is 0 Å². The maximum absolute atomic E-state index is 12.2. The van der Waals surface area contributed by atoms with Crippen LogP contribution in [0.5, 0.6) is 5.75 Å². The van der Waals surface area contributed by atoms with Gasteiger partial charge in [-0.25, -0.2) is 0 Å². The molecule has 1 N–H and O–H groups in total. The van der Waals surface area contributed by atoms with Gasteiger partial charge in [-0.2, -0.15) is 0 Å². The number of nitrogens with one attached hydrogen (secondary N) is 1. The molecule has 3 nitrogen and oxygen atoms in total. The monoisotopic (exact) mass is 263 g/mol. The van der Waals surface area contributed by atoms with E-state index in [-0.39, 0.29) is 11.3 Å². The molecule has 0 bridgehead atoms. The average Bonchev–Trinajstić information content (AvgIpc) is 2.34. The molecule has 0 atom stereocenters. The maximum atomic E-state index is 12.2. The van der Waals surface area contributed by atoms with Gasteiger partial charge in [-0.3, -0.25) is 4.79 Å². The van der Waals surface area contributed by atoms with Crippen LogP contribution in [-0.2, 0) is 0 Å². The third-order valence-electron chi connectivity index (χ3n) is 2.95. The van der Waals surface area contributed by atoms with Gasteiger partial charge in [-0.15, -0.1) is 0 Å². The highest BCUT2D eigenvalue weighted by atomic mass is 16.5. The van der Waals surface area contributed by atoms with Crippen LogP contribution in [0.15, 0.2) is 18.2 Å². The fraction of sp³-hybridized carbons (Fsp3) is 0.562. The summed E-state index contributed by atoms with van der Waals surface area (Å²) < 4.78 is 5.33. The Morgan fingerprint density at radius 2 is 1.95 bits per heavy atom. The van der Waals surface area contributed by atoms with Gasteiger partial charge in [0.05, 0.1) is 13.7 Å². The van der Waals surface area contributed by atoms with Gasteiger partial charge in [-0.05, 0) is 50.5 Å². The molecule has 0 aliphatic carbocycles. The van der Waals surface area contributed by atoms with E-state index >= 15 is 0 Å². The first-order chi connectivity index (χ1) is 8.74. The van der Waals surface area contributed by atoms with Gasteiger partial charge < -0.3 is 10.1 Å². The molecule has 0 aliphatic rings. The lowest BCUT2D eigenvalue weighted by Gasteiger charge is -2.20. The summed E-state index contributed by atoms with van der Waals surface area (Å²) in [6, 6.07) is 5.65. The fourth-order valence-corrected chi connectivity index (χ4v) is 1.81. The number of ether oxygens (including phenoxy) is 1. The third kappa shape index (κ3) is 4.67. The predicted molar refractivity (Wildman–Crippen MR) is 79.2 cm³/mol. The molecule has 0 amide bonds. The van der Waals surface area contributed by atoms with E-state index < -0.39 is 0 Å². The van der Waals surface area contributed by atoms with Crippen molar-refractivity contribution in [3.8, 4) is 5.75 Å². The number of ketones is 1. The Morgan fingerprint density at radius 3 is 2.42 bits per heavy atom. The highest BCUT2D eigenvalue weighted by Crippen LogP contribution is 2.27. The second-order valence-corrected chi connectivity index (χ2v) is 6.14. The topological polar surface area (TPSA) is 38.3 Å². The zero-order chi connectivity index (χ0) is 14.6. The number of carbonyl (C=O) groups is 1. The van der Waals surface area contributed by atoms with E-state index in [2.05, 4.69) is 19.2 Å². The Morgan fingerprint density at radius 1 is 1.32 bits per heavy atom. The van der Waals surface area contributed by atoms with Gasteiger partial charge in [0.25, 0.3) is 0 Å². The SMILES string of the molecule is COc1ccc(C(=O)CNC(C)(C)C)cc1C(C)C. The van der Waals surface area contributed by atoms with Gasteiger partial charge in [0.1, 0.15) is 5.75 Å². The molecule has 0 spiro atoms. The lowest BCUT2D eigenvalue weighted by atomic mass is 9.97. The number of methoxy groups -OCH3 is 1. The molecule has 0 aromatic heterocycles. The van der Waals surface area contributed by atoms with Gasteiger partial charge in [0.15, 0.2) is 5.78 Å². The predicted octanol–water partition coefficient (Wildman–Crippen LogP) is 3.39. The molecule has 0 fully saturated rings. The number of rotatable bonds is 5. The molecular weight excluding hydrogens is 238 g/mol. The Kier molecular flexibility index (Phi) is 5.12. The highest BCUT2D eigenvalue weighted by Gasteiger charge is 2.15. The smallest absolute Gasteiger partial charge is 0.176 e. The van der Waals surface area contributed by atoms with E-state index in [9.17, 15) is 4.79 Å². The summed E-state index contributed by atoms with van der Waals surface area (Å²) in [7, 11) is 1.66. The number of Topliss-reactive ketones (excluding diaryl/α,β-unsaturated/α-hetero) is 1. The molecule has 19 heavy (non-hydrogen) atoms.